The van der Waals surface area contributed by atoms with E-state index in [0.29, 0.717) is 22.4 Å². The van der Waals surface area contributed by atoms with Gasteiger partial charge in [-0.3, -0.25) is 9.59 Å². The summed E-state index contributed by atoms with van der Waals surface area (Å²) in [5.74, 6) is -0.283. The van der Waals surface area contributed by atoms with Gasteiger partial charge in [-0.1, -0.05) is 62.4 Å². The molecule has 0 saturated carbocycles. The minimum atomic E-state index is -0.283. The number of benzene rings is 2. The first-order valence-corrected chi connectivity index (χ1v) is 11.0. The Morgan fingerprint density at radius 3 is 2.10 bits per heavy atom. The Kier molecular flexibility index (Phi) is 6.93. The van der Waals surface area contributed by atoms with Crippen molar-refractivity contribution in [2.24, 2.45) is 0 Å². The van der Waals surface area contributed by atoms with Crippen LogP contribution in [0.3, 0.4) is 0 Å². The zero-order chi connectivity index (χ0) is 21.8. The molecule has 3 aromatic rings. The Hall–Kier alpha value is -2.66. The summed E-state index contributed by atoms with van der Waals surface area (Å²) in [4.78, 5) is 31.8. The molecule has 4 nitrogen and oxygen atoms in total. The van der Waals surface area contributed by atoms with E-state index in [9.17, 15) is 9.59 Å². The van der Waals surface area contributed by atoms with Crippen molar-refractivity contribution < 1.29 is 4.79 Å². The molecule has 1 N–H and O–H groups in total. The van der Waals surface area contributed by atoms with Crippen LogP contribution in [-0.2, 0) is 19.4 Å². The molecule has 30 heavy (non-hydrogen) atoms. The molecule has 5 heteroatoms. The van der Waals surface area contributed by atoms with Gasteiger partial charge in [0.25, 0.3) is 5.91 Å². The number of aryl methyl sites for hydroxylation is 4. The summed E-state index contributed by atoms with van der Waals surface area (Å²) in [6.45, 7) is 8.17. The molecule has 0 bridgehead atoms. The minimum absolute atomic E-state index is 0.177. The SMILES string of the molecule is CCc1cccc(CC)c1N(Cc1ccccc1)C(=O)c1c(C)[nH]c(C)c(Br)c1=O. The van der Waals surface area contributed by atoms with Crippen LogP contribution in [0.4, 0.5) is 5.69 Å². The van der Waals surface area contributed by atoms with E-state index >= 15 is 0 Å². The van der Waals surface area contributed by atoms with Crippen molar-refractivity contribution in [1.82, 2.24) is 4.98 Å². The molecule has 0 saturated heterocycles. The summed E-state index contributed by atoms with van der Waals surface area (Å²) >= 11 is 3.35. The molecule has 156 valence electrons. The number of rotatable bonds is 6. The van der Waals surface area contributed by atoms with Gasteiger partial charge in [-0.05, 0) is 59.3 Å². The molecular formula is C25H27BrN2O2. The van der Waals surface area contributed by atoms with E-state index in [1.165, 1.54) is 0 Å². The maximum Gasteiger partial charge on any atom is 0.264 e. The monoisotopic (exact) mass is 466 g/mol. The second-order valence-corrected chi connectivity index (χ2v) is 8.19. The highest BCUT2D eigenvalue weighted by Gasteiger charge is 2.27. The van der Waals surface area contributed by atoms with Crippen molar-refractivity contribution in [3.63, 3.8) is 0 Å². The summed E-state index contributed by atoms with van der Waals surface area (Å²) in [5.41, 5.74) is 5.31. The Balaban J connectivity index is 2.23. The average Bonchev–Trinajstić information content (AvgIpc) is 2.76. The number of carbonyl (C=O) groups is 1. The van der Waals surface area contributed by atoms with Crippen molar-refractivity contribution in [2.75, 3.05) is 4.90 Å². The predicted molar refractivity (Wildman–Crippen MR) is 126 cm³/mol. The van der Waals surface area contributed by atoms with Gasteiger partial charge in [0.15, 0.2) is 0 Å². The molecule has 0 radical (unpaired) electrons. The lowest BCUT2D eigenvalue weighted by Crippen LogP contribution is -2.36. The van der Waals surface area contributed by atoms with E-state index in [-0.39, 0.29) is 16.9 Å². The zero-order valence-electron chi connectivity index (χ0n) is 17.9. The van der Waals surface area contributed by atoms with Gasteiger partial charge in [-0.15, -0.1) is 0 Å². The summed E-state index contributed by atoms with van der Waals surface area (Å²) < 4.78 is 0.399. The first-order valence-electron chi connectivity index (χ1n) is 10.2. The molecule has 0 spiro atoms. The molecule has 3 rings (SSSR count). The Morgan fingerprint density at radius 2 is 1.53 bits per heavy atom. The Labute approximate surface area is 186 Å². The number of hydrogen-bond acceptors (Lipinski definition) is 2. The lowest BCUT2D eigenvalue weighted by atomic mass is 10.00. The number of para-hydroxylation sites is 1. The number of aromatic nitrogens is 1. The quantitative estimate of drug-likeness (QED) is 0.504. The molecule has 0 aliphatic rings. The van der Waals surface area contributed by atoms with Crippen molar-refractivity contribution in [3.8, 4) is 0 Å². The molecule has 2 aromatic carbocycles. The molecule has 1 aromatic heterocycles. The molecule has 0 atom stereocenters. The molecule has 0 unspecified atom stereocenters. The average molecular weight is 467 g/mol. The van der Waals surface area contributed by atoms with Gasteiger partial charge < -0.3 is 9.88 Å². The number of pyridine rings is 1. The molecule has 0 fully saturated rings. The molecule has 1 heterocycles. The lowest BCUT2D eigenvalue weighted by Gasteiger charge is -2.28. The van der Waals surface area contributed by atoms with Crippen LogP contribution < -0.4 is 10.3 Å². The minimum Gasteiger partial charge on any atom is -0.361 e. The van der Waals surface area contributed by atoms with Gasteiger partial charge in [0.1, 0.15) is 5.56 Å². The van der Waals surface area contributed by atoms with Gasteiger partial charge in [-0.25, -0.2) is 0 Å². The molecule has 1 amide bonds. The maximum atomic E-state index is 13.9. The number of anilines is 1. The highest BCUT2D eigenvalue weighted by molar-refractivity contribution is 9.10. The number of hydrogen-bond donors (Lipinski definition) is 1. The third-order valence-electron chi connectivity index (χ3n) is 5.38. The van der Waals surface area contributed by atoms with E-state index < -0.39 is 0 Å². The zero-order valence-corrected chi connectivity index (χ0v) is 19.5. The summed E-state index contributed by atoms with van der Waals surface area (Å²) in [5, 5.41) is 0. The lowest BCUT2D eigenvalue weighted by molar-refractivity contribution is 0.0982. The largest absolute Gasteiger partial charge is 0.361 e. The number of nitrogens with zero attached hydrogens (tertiary/aromatic N) is 1. The van der Waals surface area contributed by atoms with E-state index in [2.05, 4.69) is 46.9 Å². The first kappa shape index (κ1) is 22.0. The number of H-pyrrole nitrogens is 1. The van der Waals surface area contributed by atoms with Crippen molar-refractivity contribution in [3.05, 3.63) is 96.9 Å². The Bertz CT molecular complexity index is 1100. The third kappa shape index (κ3) is 4.26. The predicted octanol–water partition coefficient (Wildman–Crippen LogP) is 5.73. The second-order valence-electron chi connectivity index (χ2n) is 7.40. The smallest absolute Gasteiger partial charge is 0.264 e. The molecular weight excluding hydrogens is 440 g/mol. The third-order valence-corrected chi connectivity index (χ3v) is 6.34. The number of amides is 1. The van der Waals surface area contributed by atoms with E-state index in [1.807, 2.05) is 43.3 Å². The normalized spacial score (nSPS) is 10.8. The van der Waals surface area contributed by atoms with Crippen molar-refractivity contribution in [1.29, 1.82) is 0 Å². The number of halogens is 1. The van der Waals surface area contributed by atoms with Gasteiger partial charge in [0, 0.05) is 11.4 Å². The van der Waals surface area contributed by atoms with Gasteiger partial charge in [0.2, 0.25) is 5.43 Å². The van der Waals surface area contributed by atoms with Crippen molar-refractivity contribution in [2.45, 2.75) is 47.1 Å². The fourth-order valence-corrected chi connectivity index (χ4v) is 4.12. The van der Waals surface area contributed by atoms with Crippen LogP contribution in [0.25, 0.3) is 0 Å². The van der Waals surface area contributed by atoms with Crippen LogP contribution in [-0.4, -0.2) is 10.9 Å². The van der Waals surface area contributed by atoms with Crippen LogP contribution in [0.5, 0.6) is 0 Å². The van der Waals surface area contributed by atoms with E-state index in [4.69, 9.17) is 0 Å². The number of nitrogens with one attached hydrogen (secondary N) is 1. The van der Waals surface area contributed by atoms with Crippen LogP contribution in [0, 0.1) is 13.8 Å². The van der Waals surface area contributed by atoms with Gasteiger partial charge in [-0.2, -0.15) is 0 Å². The summed E-state index contributed by atoms with van der Waals surface area (Å²) in [7, 11) is 0. The number of aromatic amines is 1. The molecule has 0 aliphatic heterocycles. The van der Waals surface area contributed by atoms with Gasteiger partial charge in [0.05, 0.1) is 16.7 Å². The first-order chi connectivity index (χ1) is 14.4. The van der Waals surface area contributed by atoms with E-state index in [1.54, 1.807) is 11.8 Å². The summed E-state index contributed by atoms with van der Waals surface area (Å²) in [6, 6.07) is 16.0. The van der Waals surface area contributed by atoms with Crippen LogP contribution in [0.15, 0.2) is 57.8 Å². The highest BCUT2D eigenvalue weighted by atomic mass is 79.9. The number of carbonyl (C=O) groups excluding carboxylic acids is 1. The van der Waals surface area contributed by atoms with Crippen LogP contribution in [0.1, 0.15) is 52.3 Å². The standard InChI is InChI=1S/C25H27BrN2O2/c1-5-19-13-10-14-20(6-2)23(19)28(15-18-11-8-7-9-12-18)25(30)21-16(3)27-17(4)22(26)24(21)29/h7-14H,5-6,15H2,1-4H3,(H,27,29). The highest BCUT2D eigenvalue weighted by Crippen LogP contribution is 2.30. The fraction of sp³-hybridized carbons (Fsp3) is 0.280. The van der Waals surface area contributed by atoms with Crippen LogP contribution in [0.2, 0.25) is 0 Å². The van der Waals surface area contributed by atoms with E-state index in [0.717, 1.165) is 35.2 Å². The summed E-state index contributed by atoms with van der Waals surface area (Å²) in [6.07, 6.45) is 1.60. The molecule has 0 aliphatic carbocycles. The van der Waals surface area contributed by atoms with Crippen LogP contribution >= 0.6 is 15.9 Å². The maximum absolute atomic E-state index is 13.9. The Morgan fingerprint density at radius 1 is 0.933 bits per heavy atom. The second kappa shape index (κ2) is 9.43. The van der Waals surface area contributed by atoms with Crippen molar-refractivity contribution >= 4 is 27.5 Å². The topological polar surface area (TPSA) is 53.2 Å². The van der Waals surface area contributed by atoms with Gasteiger partial charge >= 0.3 is 0 Å². The fourth-order valence-electron chi connectivity index (χ4n) is 3.82.